The number of hydrogen-bond acceptors (Lipinski definition) is 5. The largest absolute Gasteiger partial charge is 0.466 e. The first-order valence-corrected chi connectivity index (χ1v) is 7.67. The van der Waals surface area contributed by atoms with E-state index < -0.39 is 11.9 Å². The molecule has 0 saturated carbocycles. The van der Waals surface area contributed by atoms with Gasteiger partial charge in [0.15, 0.2) is 0 Å². The topological polar surface area (TPSA) is 76.4 Å². The van der Waals surface area contributed by atoms with Crippen LogP contribution in [0.1, 0.15) is 23.1 Å². The quantitative estimate of drug-likeness (QED) is 0.460. The Morgan fingerprint density at radius 3 is 2.72 bits per heavy atom. The molecule has 0 saturated heterocycles. The zero-order chi connectivity index (χ0) is 18.1. The van der Waals surface area contributed by atoms with Gasteiger partial charge in [-0.1, -0.05) is 36.4 Å². The minimum Gasteiger partial charge on any atom is -0.466 e. The zero-order valence-corrected chi connectivity index (χ0v) is 13.8. The van der Waals surface area contributed by atoms with Gasteiger partial charge in [0.05, 0.1) is 12.7 Å². The second kappa shape index (κ2) is 9.04. The van der Waals surface area contributed by atoms with Gasteiger partial charge in [0.1, 0.15) is 11.8 Å². The summed E-state index contributed by atoms with van der Waals surface area (Å²) in [6, 6.07) is 16.1. The van der Waals surface area contributed by atoms with E-state index in [9.17, 15) is 9.59 Å². The molecule has 0 amide bonds. The van der Waals surface area contributed by atoms with Crippen molar-refractivity contribution < 1.29 is 19.1 Å². The number of methoxy groups -OCH3 is 1. The Labute approximate surface area is 146 Å². The zero-order valence-electron chi connectivity index (χ0n) is 13.8. The molecule has 0 aliphatic rings. The monoisotopic (exact) mass is 335 g/mol. The third kappa shape index (κ3) is 5.63. The molecule has 0 fully saturated rings. The van der Waals surface area contributed by atoms with Gasteiger partial charge in [0.25, 0.3) is 0 Å². The lowest BCUT2D eigenvalue weighted by molar-refractivity contribution is -0.135. The highest BCUT2D eigenvalue weighted by atomic mass is 16.5. The van der Waals surface area contributed by atoms with Gasteiger partial charge in [-0.25, -0.2) is 4.79 Å². The lowest BCUT2D eigenvalue weighted by atomic mass is 10.1. The van der Waals surface area contributed by atoms with Crippen LogP contribution in [0.4, 0.5) is 0 Å². The molecular formula is C20H17NO4. The molecule has 0 atom stereocenters. The van der Waals surface area contributed by atoms with E-state index in [-0.39, 0.29) is 12.2 Å². The average molecular weight is 335 g/mol. The third-order valence-electron chi connectivity index (χ3n) is 3.41. The van der Waals surface area contributed by atoms with Crippen LogP contribution < -0.4 is 4.74 Å². The van der Waals surface area contributed by atoms with Crippen molar-refractivity contribution in [2.45, 2.75) is 12.8 Å². The van der Waals surface area contributed by atoms with E-state index >= 15 is 0 Å². The molecule has 5 nitrogen and oxygen atoms in total. The van der Waals surface area contributed by atoms with Crippen LogP contribution in [0.15, 0.2) is 54.6 Å². The standard InChI is InChI=1S/C20H17NO4/c1-24-19(22)11-9-15-5-4-6-16(13-15)10-12-20(23)25-18-8-3-2-7-17(18)14-21/h2-9,11,13H,10,12H2,1H3/b11-9+. The molecule has 0 aliphatic heterocycles. The first-order valence-electron chi connectivity index (χ1n) is 7.67. The van der Waals surface area contributed by atoms with Gasteiger partial charge in [-0.3, -0.25) is 4.79 Å². The van der Waals surface area contributed by atoms with Crippen molar-refractivity contribution in [3.05, 3.63) is 71.3 Å². The average Bonchev–Trinajstić information content (AvgIpc) is 2.65. The van der Waals surface area contributed by atoms with E-state index in [1.807, 2.05) is 30.3 Å². The molecule has 0 aromatic heterocycles. The summed E-state index contributed by atoms with van der Waals surface area (Å²) < 4.78 is 9.79. The van der Waals surface area contributed by atoms with Crippen molar-refractivity contribution in [2.24, 2.45) is 0 Å². The molecule has 0 N–H and O–H groups in total. The summed E-state index contributed by atoms with van der Waals surface area (Å²) in [5, 5.41) is 9.00. The van der Waals surface area contributed by atoms with Gasteiger partial charge in [-0.15, -0.1) is 0 Å². The molecule has 0 radical (unpaired) electrons. The number of benzene rings is 2. The first kappa shape index (κ1) is 18.0. The van der Waals surface area contributed by atoms with Crippen LogP contribution in [0.3, 0.4) is 0 Å². The molecule has 2 aromatic carbocycles. The van der Waals surface area contributed by atoms with Crippen LogP contribution in [-0.2, 0) is 20.7 Å². The summed E-state index contributed by atoms with van der Waals surface area (Å²) in [6.45, 7) is 0. The number of nitrogens with zero attached hydrogens (tertiary/aromatic N) is 1. The Morgan fingerprint density at radius 1 is 1.16 bits per heavy atom. The predicted octanol–water partition coefficient (Wildman–Crippen LogP) is 3.28. The molecule has 126 valence electrons. The fraction of sp³-hybridized carbons (Fsp3) is 0.150. The highest BCUT2D eigenvalue weighted by Crippen LogP contribution is 2.17. The number of aryl methyl sites for hydroxylation is 1. The van der Waals surface area contributed by atoms with Crippen LogP contribution in [0.2, 0.25) is 0 Å². The fourth-order valence-electron chi connectivity index (χ4n) is 2.15. The first-order chi connectivity index (χ1) is 12.1. The van der Waals surface area contributed by atoms with Gasteiger partial charge in [-0.2, -0.15) is 5.26 Å². The van der Waals surface area contributed by atoms with E-state index in [1.54, 1.807) is 30.3 Å². The Bertz CT molecular complexity index is 834. The Hall–Kier alpha value is -3.39. The minimum atomic E-state index is -0.426. The number of carbonyl (C=O) groups is 2. The lowest BCUT2D eigenvalue weighted by Crippen LogP contribution is -2.10. The van der Waals surface area contributed by atoms with Gasteiger partial charge >= 0.3 is 11.9 Å². The SMILES string of the molecule is COC(=O)/C=C/c1cccc(CCC(=O)Oc2ccccc2C#N)c1. The maximum atomic E-state index is 12.0. The second-order valence-electron chi connectivity index (χ2n) is 5.18. The van der Waals surface area contributed by atoms with Crippen LogP contribution >= 0.6 is 0 Å². The Morgan fingerprint density at radius 2 is 1.96 bits per heavy atom. The van der Waals surface area contributed by atoms with E-state index in [1.165, 1.54) is 13.2 Å². The van der Waals surface area contributed by atoms with Crippen molar-refractivity contribution in [2.75, 3.05) is 7.11 Å². The number of carbonyl (C=O) groups excluding carboxylic acids is 2. The molecule has 5 heteroatoms. The molecule has 0 bridgehead atoms. The maximum Gasteiger partial charge on any atom is 0.330 e. The van der Waals surface area contributed by atoms with Crippen LogP contribution in [0.5, 0.6) is 5.75 Å². The van der Waals surface area contributed by atoms with Crippen LogP contribution in [-0.4, -0.2) is 19.0 Å². The van der Waals surface area contributed by atoms with E-state index in [0.717, 1.165) is 11.1 Å². The molecule has 2 aromatic rings. The van der Waals surface area contributed by atoms with Crippen molar-refractivity contribution in [1.82, 2.24) is 0 Å². The Balaban J connectivity index is 1.95. The van der Waals surface area contributed by atoms with E-state index in [4.69, 9.17) is 10.00 Å². The van der Waals surface area contributed by atoms with Gasteiger partial charge in [0.2, 0.25) is 0 Å². The normalized spacial score (nSPS) is 10.2. The molecule has 0 heterocycles. The second-order valence-corrected chi connectivity index (χ2v) is 5.18. The van der Waals surface area contributed by atoms with Crippen LogP contribution in [0, 0.1) is 11.3 Å². The summed E-state index contributed by atoms with van der Waals surface area (Å²) in [5.74, 6) is -0.562. The van der Waals surface area contributed by atoms with E-state index in [2.05, 4.69) is 4.74 Å². The third-order valence-corrected chi connectivity index (χ3v) is 3.41. The van der Waals surface area contributed by atoms with Crippen molar-refractivity contribution >= 4 is 18.0 Å². The fourth-order valence-corrected chi connectivity index (χ4v) is 2.15. The smallest absolute Gasteiger partial charge is 0.330 e. The van der Waals surface area contributed by atoms with Crippen molar-refractivity contribution in [1.29, 1.82) is 5.26 Å². The van der Waals surface area contributed by atoms with Gasteiger partial charge in [0, 0.05) is 12.5 Å². The molecule has 0 unspecified atom stereocenters. The van der Waals surface area contributed by atoms with E-state index in [0.29, 0.717) is 12.0 Å². The minimum absolute atomic E-state index is 0.184. The summed E-state index contributed by atoms with van der Waals surface area (Å²) in [7, 11) is 1.32. The molecule has 25 heavy (non-hydrogen) atoms. The lowest BCUT2D eigenvalue weighted by Gasteiger charge is -2.06. The maximum absolute atomic E-state index is 12.0. The predicted molar refractivity (Wildman–Crippen MR) is 92.6 cm³/mol. The summed E-state index contributed by atoms with van der Waals surface area (Å²) in [5.41, 5.74) is 2.11. The number of rotatable bonds is 6. The summed E-state index contributed by atoms with van der Waals surface area (Å²) in [6.07, 6.45) is 3.67. The van der Waals surface area contributed by atoms with Gasteiger partial charge in [-0.05, 0) is 35.8 Å². The molecule has 0 spiro atoms. The number of para-hydroxylation sites is 1. The number of ether oxygens (including phenoxy) is 2. The van der Waals surface area contributed by atoms with Crippen molar-refractivity contribution in [3.8, 4) is 11.8 Å². The molecule has 0 aliphatic carbocycles. The highest BCUT2D eigenvalue weighted by molar-refractivity contribution is 5.86. The molecular weight excluding hydrogens is 318 g/mol. The molecule has 2 rings (SSSR count). The van der Waals surface area contributed by atoms with Gasteiger partial charge < -0.3 is 9.47 Å². The number of hydrogen-bond donors (Lipinski definition) is 0. The number of nitriles is 1. The summed E-state index contributed by atoms with van der Waals surface area (Å²) >= 11 is 0. The van der Waals surface area contributed by atoms with Crippen LogP contribution in [0.25, 0.3) is 6.08 Å². The summed E-state index contributed by atoms with van der Waals surface area (Å²) in [4.78, 5) is 23.1. The number of esters is 2. The highest BCUT2D eigenvalue weighted by Gasteiger charge is 2.09. The Kier molecular flexibility index (Phi) is 6.49. The van der Waals surface area contributed by atoms with Crippen molar-refractivity contribution in [3.63, 3.8) is 0 Å².